The maximum atomic E-state index is 12.7. The van der Waals surface area contributed by atoms with Crippen molar-refractivity contribution in [2.45, 2.75) is 31.6 Å². The van der Waals surface area contributed by atoms with Gasteiger partial charge in [-0.15, -0.1) is 0 Å². The van der Waals surface area contributed by atoms with E-state index in [4.69, 9.17) is 17.0 Å². The second-order valence-electron chi connectivity index (χ2n) is 6.78. The summed E-state index contributed by atoms with van der Waals surface area (Å²) in [6, 6.07) is 12.9. The van der Waals surface area contributed by atoms with Crippen LogP contribution in [-0.2, 0) is 27.6 Å². The molecule has 0 aliphatic carbocycles. The summed E-state index contributed by atoms with van der Waals surface area (Å²) in [6.45, 7) is 5.85. The lowest BCUT2D eigenvalue weighted by Crippen LogP contribution is -2.40. The zero-order valence-corrected chi connectivity index (χ0v) is 18.4. The van der Waals surface area contributed by atoms with E-state index in [9.17, 15) is 8.42 Å². The summed E-state index contributed by atoms with van der Waals surface area (Å²) in [4.78, 5) is 0.272. The molecule has 29 heavy (non-hydrogen) atoms. The second kappa shape index (κ2) is 9.67. The number of nitrogens with one attached hydrogen (secondary N) is 2. The summed E-state index contributed by atoms with van der Waals surface area (Å²) in [5, 5.41) is 6.93. The standard InChI is InChI=1S/C21H27N3O3S2/c1-3-16-6-5-7-17(4-2)20(16)23-21(28)22-18-8-10-19(11-9-18)29(25,26)24-12-14-27-15-13-24/h5-11H,3-4,12-15H2,1-2H3,(H2,22,23,28). The van der Waals surface area contributed by atoms with Gasteiger partial charge in [-0.2, -0.15) is 4.31 Å². The molecule has 1 aliphatic rings. The molecule has 3 rings (SSSR count). The average Bonchev–Trinajstić information content (AvgIpc) is 2.75. The summed E-state index contributed by atoms with van der Waals surface area (Å²) in [7, 11) is -3.50. The summed E-state index contributed by atoms with van der Waals surface area (Å²) in [5.74, 6) is 0. The Hall–Kier alpha value is -2.00. The van der Waals surface area contributed by atoms with Gasteiger partial charge in [0.15, 0.2) is 5.11 Å². The van der Waals surface area contributed by atoms with Crippen LogP contribution in [0.4, 0.5) is 11.4 Å². The average molecular weight is 434 g/mol. The van der Waals surface area contributed by atoms with Crippen LogP contribution >= 0.6 is 12.2 Å². The monoisotopic (exact) mass is 433 g/mol. The summed E-state index contributed by atoms with van der Waals surface area (Å²) in [5.41, 5.74) is 4.19. The number of ether oxygens (including phenoxy) is 1. The molecule has 0 spiro atoms. The largest absolute Gasteiger partial charge is 0.379 e. The molecule has 0 radical (unpaired) electrons. The van der Waals surface area contributed by atoms with Crippen molar-refractivity contribution in [2.75, 3.05) is 36.9 Å². The van der Waals surface area contributed by atoms with Crippen molar-refractivity contribution >= 4 is 38.7 Å². The number of nitrogens with zero attached hydrogens (tertiary/aromatic N) is 1. The number of para-hydroxylation sites is 1. The lowest BCUT2D eigenvalue weighted by molar-refractivity contribution is 0.0730. The number of morpholine rings is 1. The van der Waals surface area contributed by atoms with Crippen LogP contribution < -0.4 is 10.6 Å². The zero-order valence-electron chi connectivity index (χ0n) is 16.8. The van der Waals surface area contributed by atoms with Gasteiger partial charge in [-0.1, -0.05) is 32.0 Å². The number of hydrogen-bond acceptors (Lipinski definition) is 4. The first-order valence-electron chi connectivity index (χ1n) is 9.82. The number of sulfonamides is 1. The van der Waals surface area contributed by atoms with Gasteiger partial charge in [0.05, 0.1) is 18.1 Å². The van der Waals surface area contributed by atoms with E-state index in [2.05, 4.69) is 42.7 Å². The molecule has 0 unspecified atom stereocenters. The molecule has 2 aromatic carbocycles. The predicted octanol–water partition coefficient (Wildman–Crippen LogP) is 3.64. The molecule has 1 heterocycles. The van der Waals surface area contributed by atoms with E-state index >= 15 is 0 Å². The molecule has 1 fully saturated rings. The van der Waals surface area contributed by atoms with Crippen LogP contribution in [0.3, 0.4) is 0 Å². The quantitative estimate of drug-likeness (QED) is 0.678. The van der Waals surface area contributed by atoms with E-state index < -0.39 is 10.0 Å². The van der Waals surface area contributed by atoms with Crippen molar-refractivity contribution in [3.05, 3.63) is 53.6 Å². The van der Waals surface area contributed by atoms with Crippen LogP contribution in [-0.4, -0.2) is 44.1 Å². The van der Waals surface area contributed by atoms with Crippen molar-refractivity contribution in [3.63, 3.8) is 0 Å². The maximum absolute atomic E-state index is 12.7. The number of anilines is 2. The Labute approximate surface area is 178 Å². The molecule has 156 valence electrons. The first kappa shape index (κ1) is 21.7. The van der Waals surface area contributed by atoms with Crippen molar-refractivity contribution in [2.24, 2.45) is 0 Å². The minimum atomic E-state index is -3.50. The molecule has 0 saturated carbocycles. The molecular formula is C21H27N3O3S2. The van der Waals surface area contributed by atoms with Gasteiger partial charge >= 0.3 is 0 Å². The van der Waals surface area contributed by atoms with Gasteiger partial charge in [0, 0.05) is 24.5 Å². The first-order valence-corrected chi connectivity index (χ1v) is 11.7. The minimum Gasteiger partial charge on any atom is -0.379 e. The van der Waals surface area contributed by atoms with Crippen LogP contribution in [0, 0.1) is 0 Å². The van der Waals surface area contributed by atoms with Crippen LogP contribution in [0.1, 0.15) is 25.0 Å². The Bertz CT molecular complexity index is 931. The third-order valence-electron chi connectivity index (χ3n) is 4.96. The number of rotatable bonds is 6. The summed E-state index contributed by atoms with van der Waals surface area (Å²) >= 11 is 5.48. The van der Waals surface area contributed by atoms with Gasteiger partial charge in [-0.05, 0) is 60.5 Å². The molecule has 1 saturated heterocycles. The van der Waals surface area contributed by atoms with Gasteiger partial charge in [0.2, 0.25) is 10.0 Å². The van der Waals surface area contributed by atoms with Crippen LogP contribution in [0.25, 0.3) is 0 Å². The Morgan fingerprint density at radius 1 is 1.00 bits per heavy atom. The molecule has 0 bridgehead atoms. The third-order valence-corrected chi connectivity index (χ3v) is 7.07. The smallest absolute Gasteiger partial charge is 0.243 e. The predicted molar refractivity (Wildman–Crippen MR) is 121 cm³/mol. The molecule has 2 N–H and O–H groups in total. The zero-order chi connectivity index (χ0) is 20.9. The van der Waals surface area contributed by atoms with Crippen molar-refractivity contribution in [1.29, 1.82) is 0 Å². The van der Waals surface area contributed by atoms with E-state index in [-0.39, 0.29) is 4.90 Å². The minimum absolute atomic E-state index is 0.272. The fourth-order valence-corrected chi connectivity index (χ4v) is 4.95. The molecule has 0 aromatic heterocycles. The Morgan fingerprint density at radius 2 is 1.59 bits per heavy atom. The molecule has 6 nitrogen and oxygen atoms in total. The van der Waals surface area contributed by atoms with E-state index in [0.717, 1.165) is 24.2 Å². The summed E-state index contributed by atoms with van der Waals surface area (Å²) < 4.78 is 32.1. The van der Waals surface area contributed by atoms with Gasteiger partial charge in [-0.25, -0.2) is 8.42 Å². The molecule has 0 amide bonds. The van der Waals surface area contributed by atoms with Crippen LogP contribution in [0.2, 0.25) is 0 Å². The van der Waals surface area contributed by atoms with E-state index in [1.54, 1.807) is 24.3 Å². The number of hydrogen-bond donors (Lipinski definition) is 2. The highest BCUT2D eigenvalue weighted by Crippen LogP contribution is 2.23. The van der Waals surface area contributed by atoms with Crippen molar-refractivity contribution < 1.29 is 13.2 Å². The van der Waals surface area contributed by atoms with Crippen molar-refractivity contribution in [3.8, 4) is 0 Å². The number of thiocarbonyl (C=S) groups is 1. The lowest BCUT2D eigenvalue weighted by Gasteiger charge is -2.26. The second-order valence-corrected chi connectivity index (χ2v) is 9.12. The molecule has 2 aromatic rings. The lowest BCUT2D eigenvalue weighted by atomic mass is 10.0. The Balaban J connectivity index is 1.69. The van der Waals surface area contributed by atoms with Gasteiger partial charge in [-0.3, -0.25) is 0 Å². The van der Waals surface area contributed by atoms with Gasteiger partial charge in [0.1, 0.15) is 0 Å². The van der Waals surface area contributed by atoms with Gasteiger partial charge < -0.3 is 15.4 Å². The maximum Gasteiger partial charge on any atom is 0.243 e. The molecule has 1 aliphatic heterocycles. The number of aryl methyl sites for hydroxylation is 2. The van der Waals surface area contributed by atoms with Gasteiger partial charge in [0.25, 0.3) is 0 Å². The van der Waals surface area contributed by atoms with Crippen LogP contribution in [0.15, 0.2) is 47.4 Å². The molecular weight excluding hydrogens is 406 g/mol. The fraction of sp³-hybridized carbons (Fsp3) is 0.381. The highest BCUT2D eigenvalue weighted by molar-refractivity contribution is 7.89. The third kappa shape index (κ3) is 5.14. The first-order chi connectivity index (χ1) is 14.0. The van der Waals surface area contributed by atoms with Crippen LogP contribution in [0.5, 0.6) is 0 Å². The Morgan fingerprint density at radius 3 is 2.14 bits per heavy atom. The highest BCUT2D eigenvalue weighted by Gasteiger charge is 2.26. The summed E-state index contributed by atoms with van der Waals surface area (Å²) in [6.07, 6.45) is 1.82. The fourth-order valence-electron chi connectivity index (χ4n) is 3.33. The molecule has 0 atom stereocenters. The SMILES string of the molecule is CCc1cccc(CC)c1NC(=S)Nc1ccc(S(=O)(=O)N2CCOCC2)cc1. The Kier molecular flexibility index (Phi) is 7.23. The normalized spacial score (nSPS) is 15.1. The van der Waals surface area contributed by atoms with E-state index in [0.29, 0.717) is 31.4 Å². The topological polar surface area (TPSA) is 70.7 Å². The van der Waals surface area contributed by atoms with Crippen molar-refractivity contribution in [1.82, 2.24) is 4.31 Å². The highest BCUT2D eigenvalue weighted by atomic mass is 32.2. The van der Waals surface area contributed by atoms with E-state index in [1.807, 2.05) is 0 Å². The number of benzene rings is 2. The molecule has 8 heteroatoms. The van der Waals surface area contributed by atoms with E-state index in [1.165, 1.54) is 15.4 Å².